The zero-order chi connectivity index (χ0) is 19.6. The summed E-state index contributed by atoms with van der Waals surface area (Å²) in [4.78, 5) is 12.6. The average Bonchev–Trinajstić information content (AvgIpc) is 3.07. The average molecular weight is 433 g/mol. The molecule has 0 saturated carbocycles. The summed E-state index contributed by atoms with van der Waals surface area (Å²) in [6, 6.07) is 5.02. The molecular formula is C20H25BrN4O2. The molecule has 7 heteroatoms. The lowest BCUT2D eigenvalue weighted by Gasteiger charge is -2.36. The van der Waals surface area contributed by atoms with Crippen LogP contribution in [0.15, 0.2) is 27.8 Å². The molecule has 0 saturated heterocycles. The zero-order valence-electron chi connectivity index (χ0n) is 15.8. The quantitative estimate of drug-likeness (QED) is 0.488. The second-order valence-corrected chi connectivity index (χ2v) is 8.63. The van der Waals surface area contributed by atoms with Crippen LogP contribution in [0.5, 0.6) is 5.75 Å². The fourth-order valence-electron chi connectivity index (χ4n) is 3.48. The number of carbonyl (C=O) groups is 1. The smallest absolute Gasteiger partial charge is 0.292 e. The number of phenolic OH excluding ortho intramolecular Hbond substituents is 1. The number of rotatable bonds is 5. The number of hydrogen-bond acceptors (Lipinski definition) is 4. The number of hydrazone groups is 1. The van der Waals surface area contributed by atoms with Gasteiger partial charge in [-0.05, 0) is 48.8 Å². The van der Waals surface area contributed by atoms with E-state index in [4.69, 9.17) is 0 Å². The van der Waals surface area contributed by atoms with Crippen LogP contribution in [0.1, 0.15) is 60.9 Å². The number of aromatic nitrogens is 2. The number of carbonyl (C=O) groups excluding carboxylic acids is 1. The molecule has 2 aromatic rings. The number of amides is 1. The monoisotopic (exact) mass is 432 g/mol. The molecule has 1 aliphatic rings. The standard InChI is InChI=1S/C20H25BrN4O2/c1-4-20(2,3)13-5-7-16-15(10-13)18(24-23-16)19(27)25-22-11-12-9-14(21)6-8-17(12)26/h6,8-9,11,13,26H,4-5,7,10H2,1-3H3,(H,23,24)(H,25,27)/b22-11+. The molecule has 0 spiro atoms. The number of benzene rings is 1. The van der Waals surface area contributed by atoms with Crippen LogP contribution in [-0.2, 0) is 12.8 Å². The SMILES string of the molecule is CCC(C)(C)C1CCc2[nH]nc(C(=O)N/N=C/c3cc(Br)ccc3O)c2C1. The minimum atomic E-state index is -0.340. The molecule has 0 aliphatic heterocycles. The summed E-state index contributed by atoms with van der Waals surface area (Å²) in [5.41, 5.74) is 5.74. The van der Waals surface area contributed by atoms with Gasteiger partial charge >= 0.3 is 0 Å². The first-order valence-electron chi connectivity index (χ1n) is 9.20. The first-order chi connectivity index (χ1) is 12.8. The number of nitrogens with zero attached hydrogens (tertiary/aromatic N) is 2. The Labute approximate surface area is 167 Å². The van der Waals surface area contributed by atoms with Gasteiger partial charge in [-0.3, -0.25) is 9.89 Å². The molecular weight excluding hydrogens is 408 g/mol. The summed E-state index contributed by atoms with van der Waals surface area (Å²) in [5.74, 6) is 0.285. The van der Waals surface area contributed by atoms with E-state index in [9.17, 15) is 9.90 Å². The van der Waals surface area contributed by atoms with Gasteiger partial charge in [0.2, 0.25) is 0 Å². The van der Waals surface area contributed by atoms with Gasteiger partial charge < -0.3 is 5.11 Å². The molecule has 1 amide bonds. The van der Waals surface area contributed by atoms with Gasteiger partial charge in [-0.15, -0.1) is 0 Å². The molecule has 1 aromatic heterocycles. The number of H-pyrrole nitrogens is 1. The van der Waals surface area contributed by atoms with E-state index in [0.717, 1.165) is 41.4 Å². The fraction of sp³-hybridized carbons (Fsp3) is 0.450. The Hall–Kier alpha value is -2.15. The van der Waals surface area contributed by atoms with Crippen molar-refractivity contribution in [3.05, 3.63) is 45.2 Å². The Kier molecular flexibility index (Phi) is 5.69. The highest BCUT2D eigenvalue weighted by molar-refractivity contribution is 9.10. The van der Waals surface area contributed by atoms with E-state index in [2.05, 4.69) is 57.4 Å². The second kappa shape index (κ2) is 7.84. The summed E-state index contributed by atoms with van der Waals surface area (Å²) in [6.07, 6.45) is 5.40. The number of aryl methyl sites for hydroxylation is 1. The van der Waals surface area contributed by atoms with Crippen molar-refractivity contribution in [2.24, 2.45) is 16.4 Å². The van der Waals surface area contributed by atoms with Crippen LogP contribution in [0.2, 0.25) is 0 Å². The van der Waals surface area contributed by atoms with Crippen LogP contribution in [-0.4, -0.2) is 27.4 Å². The first kappa shape index (κ1) is 19.6. The van der Waals surface area contributed by atoms with Crippen molar-refractivity contribution in [2.75, 3.05) is 0 Å². The highest BCUT2D eigenvalue weighted by Gasteiger charge is 2.34. The molecule has 1 aliphatic carbocycles. The minimum Gasteiger partial charge on any atom is -0.507 e. The predicted molar refractivity (Wildman–Crippen MR) is 109 cm³/mol. The largest absolute Gasteiger partial charge is 0.507 e. The molecule has 0 radical (unpaired) electrons. The number of aromatic amines is 1. The van der Waals surface area contributed by atoms with Gasteiger partial charge in [-0.1, -0.05) is 43.1 Å². The Balaban J connectivity index is 1.73. The van der Waals surface area contributed by atoms with Gasteiger partial charge in [0, 0.05) is 21.3 Å². The lowest BCUT2D eigenvalue weighted by Crippen LogP contribution is -2.30. The number of fused-ring (bicyclic) bond motifs is 1. The molecule has 3 N–H and O–H groups in total. The fourth-order valence-corrected chi connectivity index (χ4v) is 3.86. The second-order valence-electron chi connectivity index (χ2n) is 7.71. The van der Waals surface area contributed by atoms with Gasteiger partial charge in [-0.2, -0.15) is 10.2 Å². The predicted octanol–water partition coefficient (Wildman–Crippen LogP) is 4.18. The van der Waals surface area contributed by atoms with Crippen LogP contribution in [0.4, 0.5) is 0 Å². The highest BCUT2D eigenvalue weighted by atomic mass is 79.9. The number of hydrogen-bond donors (Lipinski definition) is 3. The van der Waals surface area contributed by atoms with Crippen molar-refractivity contribution in [3.63, 3.8) is 0 Å². The summed E-state index contributed by atoms with van der Waals surface area (Å²) in [7, 11) is 0. The van der Waals surface area contributed by atoms with Crippen LogP contribution >= 0.6 is 15.9 Å². The molecule has 1 unspecified atom stereocenters. The van der Waals surface area contributed by atoms with Gasteiger partial charge in [-0.25, -0.2) is 5.43 Å². The van der Waals surface area contributed by atoms with E-state index in [1.54, 1.807) is 18.2 Å². The Bertz CT molecular complexity index is 873. The summed E-state index contributed by atoms with van der Waals surface area (Å²) >= 11 is 3.34. The Morgan fingerprint density at radius 2 is 2.30 bits per heavy atom. The number of halogens is 1. The maximum atomic E-state index is 12.6. The van der Waals surface area contributed by atoms with Gasteiger partial charge in [0.05, 0.1) is 6.21 Å². The van der Waals surface area contributed by atoms with Crippen LogP contribution in [0, 0.1) is 11.3 Å². The number of aromatic hydroxyl groups is 1. The molecule has 3 rings (SSSR count). The zero-order valence-corrected chi connectivity index (χ0v) is 17.4. The minimum absolute atomic E-state index is 0.0954. The molecule has 144 valence electrons. The van der Waals surface area contributed by atoms with Crippen molar-refractivity contribution in [1.29, 1.82) is 0 Å². The first-order valence-corrected chi connectivity index (χ1v) is 9.99. The highest BCUT2D eigenvalue weighted by Crippen LogP contribution is 2.40. The van der Waals surface area contributed by atoms with E-state index in [-0.39, 0.29) is 17.1 Å². The molecule has 0 bridgehead atoms. The molecule has 27 heavy (non-hydrogen) atoms. The van der Waals surface area contributed by atoms with Gasteiger partial charge in [0.1, 0.15) is 5.75 Å². The third kappa shape index (κ3) is 4.24. The van der Waals surface area contributed by atoms with Gasteiger partial charge in [0.25, 0.3) is 5.91 Å². The van der Waals surface area contributed by atoms with Gasteiger partial charge in [0.15, 0.2) is 5.69 Å². The van der Waals surface area contributed by atoms with Crippen LogP contribution in [0.25, 0.3) is 0 Å². The third-order valence-electron chi connectivity index (χ3n) is 5.74. The van der Waals surface area contributed by atoms with E-state index in [0.29, 0.717) is 17.2 Å². The summed E-state index contributed by atoms with van der Waals surface area (Å²) < 4.78 is 0.819. The molecule has 6 nitrogen and oxygen atoms in total. The van der Waals surface area contributed by atoms with E-state index >= 15 is 0 Å². The number of nitrogens with one attached hydrogen (secondary N) is 2. The van der Waals surface area contributed by atoms with Crippen molar-refractivity contribution in [2.45, 2.75) is 46.5 Å². The Morgan fingerprint density at radius 1 is 1.52 bits per heavy atom. The molecule has 1 heterocycles. The van der Waals surface area contributed by atoms with Crippen molar-refractivity contribution in [1.82, 2.24) is 15.6 Å². The summed E-state index contributed by atoms with van der Waals surface area (Å²) in [6.45, 7) is 6.79. The molecule has 0 fully saturated rings. The molecule has 1 atom stereocenters. The lowest BCUT2D eigenvalue weighted by atomic mass is 9.69. The van der Waals surface area contributed by atoms with Crippen molar-refractivity contribution >= 4 is 28.1 Å². The topological polar surface area (TPSA) is 90.4 Å². The van der Waals surface area contributed by atoms with Crippen molar-refractivity contribution < 1.29 is 9.90 Å². The van der Waals surface area contributed by atoms with E-state index in [1.807, 2.05) is 0 Å². The maximum absolute atomic E-state index is 12.6. The normalized spacial score (nSPS) is 17.1. The van der Waals surface area contributed by atoms with E-state index in [1.165, 1.54) is 6.21 Å². The van der Waals surface area contributed by atoms with E-state index < -0.39 is 0 Å². The maximum Gasteiger partial charge on any atom is 0.292 e. The number of phenols is 1. The van der Waals surface area contributed by atoms with Crippen molar-refractivity contribution in [3.8, 4) is 5.75 Å². The molecule has 1 aromatic carbocycles. The summed E-state index contributed by atoms with van der Waals surface area (Å²) in [5, 5.41) is 21.0. The lowest BCUT2D eigenvalue weighted by molar-refractivity contribution is 0.0947. The third-order valence-corrected chi connectivity index (χ3v) is 6.23. The Morgan fingerprint density at radius 3 is 3.04 bits per heavy atom. The van der Waals surface area contributed by atoms with Crippen LogP contribution in [0.3, 0.4) is 0 Å². The van der Waals surface area contributed by atoms with Crippen LogP contribution < -0.4 is 5.43 Å².